The Labute approximate surface area is 114 Å². The molecule has 5 nitrogen and oxygen atoms in total. The Morgan fingerprint density at radius 1 is 1.40 bits per heavy atom. The summed E-state index contributed by atoms with van der Waals surface area (Å²) in [7, 11) is 0. The fourth-order valence-corrected chi connectivity index (χ4v) is 2.01. The molecular formula is C14H13FN2O3. The fourth-order valence-electron chi connectivity index (χ4n) is 2.01. The van der Waals surface area contributed by atoms with Crippen LogP contribution in [0, 0.1) is 5.82 Å². The number of H-pyrrole nitrogens is 1. The number of carbonyl (C=O) groups is 1. The first-order valence-corrected chi connectivity index (χ1v) is 6.13. The molecule has 2 rings (SSSR count). The average molecular weight is 276 g/mol. The molecule has 0 amide bonds. The summed E-state index contributed by atoms with van der Waals surface area (Å²) in [5, 5.41) is 8.95. The van der Waals surface area contributed by atoms with E-state index in [1.807, 2.05) is 6.92 Å². The topological polar surface area (TPSA) is 83.0 Å². The van der Waals surface area contributed by atoms with Gasteiger partial charge in [0.15, 0.2) is 0 Å². The largest absolute Gasteiger partial charge is 0.478 e. The minimum absolute atomic E-state index is 0.176. The van der Waals surface area contributed by atoms with Crippen LogP contribution < -0.4 is 5.56 Å². The number of halogens is 1. The molecule has 0 atom stereocenters. The van der Waals surface area contributed by atoms with Crippen molar-refractivity contribution in [2.24, 2.45) is 0 Å². The Morgan fingerprint density at radius 2 is 2.15 bits per heavy atom. The van der Waals surface area contributed by atoms with Gasteiger partial charge < -0.3 is 10.1 Å². The zero-order valence-electron chi connectivity index (χ0n) is 10.8. The lowest BCUT2D eigenvalue weighted by molar-refractivity contribution is 0.0696. The highest BCUT2D eigenvalue weighted by atomic mass is 19.1. The van der Waals surface area contributed by atoms with Crippen LogP contribution in [0.4, 0.5) is 4.39 Å². The molecule has 0 radical (unpaired) electrons. The van der Waals surface area contributed by atoms with Crippen LogP contribution in [0.2, 0.25) is 0 Å². The molecule has 0 saturated carbocycles. The third-order valence-electron chi connectivity index (χ3n) is 2.87. The first kappa shape index (κ1) is 13.9. The molecule has 2 N–H and O–H groups in total. The van der Waals surface area contributed by atoms with Crippen molar-refractivity contribution in [2.75, 3.05) is 0 Å². The number of carboxylic acid groups (broad SMARTS) is 1. The fraction of sp³-hybridized carbons (Fsp3) is 0.214. The highest BCUT2D eigenvalue weighted by Gasteiger charge is 2.14. The molecule has 1 heterocycles. The van der Waals surface area contributed by atoms with Gasteiger partial charge in [-0.15, -0.1) is 0 Å². The van der Waals surface area contributed by atoms with E-state index in [-0.39, 0.29) is 16.7 Å². The van der Waals surface area contributed by atoms with Crippen LogP contribution in [0.15, 0.2) is 29.3 Å². The molecule has 1 aromatic carbocycles. The maximum Gasteiger partial charge on any atom is 0.335 e. The number of hydrogen-bond acceptors (Lipinski definition) is 3. The van der Waals surface area contributed by atoms with Gasteiger partial charge in [-0.05, 0) is 24.6 Å². The van der Waals surface area contributed by atoms with Crippen molar-refractivity contribution < 1.29 is 14.3 Å². The number of carboxylic acids is 1. The van der Waals surface area contributed by atoms with Crippen LogP contribution in [0.5, 0.6) is 0 Å². The minimum Gasteiger partial charge on any atom is -0.478 e. The molecule has 2 aromatic rings. The van der Waals surface area contributed by atoms with Crippen molar-refractivity contribution >= 4 is 5.97 Å². The van der Waals surface area contributed by atoms with Gasteiger partial charge >= 0.3 is 5.97 Å². The van der Waals surface area contributed by atoms with Crippen LogP contribution in [0.3, 0.4) is 0 Å². The summed E-state index contributed by atoms with van der Waals surface area (Å²) in [6, 6.07) is 3.41. The molecular weight excluding hydrogens is 263 g/mol. The van der Waals surface area contributed by atoms with Gasteiger partial charge in [0.25, 0.3) is 5.56 Å². The Bertz CT molecular complexity index is 710. The number of rotatable bonds is 4. The molecule has 0 bridgehead atoms. The molecule has 0 aliphatic heterocycles. The zero-order chi connectivity index (χ0) is 14.7. The van der Waals surface area contributed by atoms with E-state index in [0.717, 1.165) is 12.5 Å². The number of hydrogen-bond donors (Lipinski definition) is 2. The number of aromatic amines is 1. The zero-order valence-corrected chi connectivity index (χ0v) is 10.8. The first-order chi connectivity index (χ1) is 9.52. The van der Waals surface area contributed by atoms with E-state index < -0.39 is 11.8 Å². The van der Waals surface area contributed by atoms with E-state index in [4.69, 9.17) is 5.11 Å². The Hall–Kier alpha value is -2.50. The normalized spacial score (nSPS) is 10.5. The molecule has 6 heteroatoms. The third-order valence-corrected chi connectivity index (χ3v) is 2.87. The SMILES string of the molecule is CCCc1c(-c2cc(F)cc(C(=O)O)c2)nc[nH]c1=O. The summed E-state index contributed by atoms with van der Waals surface area (Å²) in [6.07, 6.45) is 2.43. The number of aromatic nitrogens is 2. The highest BCUT2D eigenvalue weighted by Crippen LogP contribution is 2.22. The van der Waals surface area contributed by atoms with Gasteiger partial charge in [-0.1, -0.05) is 13.3 Å². The Balaban J connectivity index is 2.65. The van der Waals surface area contributed by atoms with Gasteiger partial charge in [0.1, 0.15) is 5.82 Å². The van der Waals surface area contributed by atoms with Crippen molar-refractivity contribution in [3.63, 3.8) is 0 Å². The summed E-state index contributed by atoms with van der Waals surface area (Å²) >= 11 is 0. The molecule has 0 aliphatic carbocycles. The number of aromatic carboxylic acids is 1. The Kier molecular flexibility index (Phi) is 3.93. The van der Waals surface area contributed by atoms with E-state index in [9.17, 15) is 14.0 Å². The second kappa shape index (κ2) is 5.64. The second-order valence-corrected chi connectivity index (χ2v) is 4.34. The van der Waals surface area contributed by atoms with Crippen LogP contribution in [0.1, 0.15) is 29.3 Å². The van der Waals surface area contributed by atoms with Gasteiger partial charge in [0.05, 0.1) is 17.6 Å². The molecule has 0 unspecified atom stereocenters. The van der Waals surface area contributed by atoms with E-state index >= 15 is 0 Å². The van der Waals surface area contributed by atoms with Crippen molar-refractivity contribution in [1.29, 1.82) is 0 Å². The molecule has 0 saturated heterocycles. The first-order valence-electron chi connectivity index (χ1n) is 6.13. The van der Waals surface area contributed by atoms with Gasteiger partial charge in [0, 0.05) is 11.1 Å². The predicted octanol–water partition coefficient (Wildman–Crippen LogP) is 2.23. The van der Waals surface area contributed by atoms with Crippen LogP contribution in [-0.4, -0.2) is 21.0 Å². The number of nitrogens with one attached hydrogen (secondary N) is 1. The lowest BCUT2D eigenvalue weighted by Gasteiger charge is -2.07. The lowest BCUT2D eigenvalue weighted by Crippen LogP contribution is -2.15. The minimum atomic E-state index is -1.23. The van der Waals surface area contributed by atoms with E-state index in [0.29, 0.717) is 17.7 Å². The predicted molar refractivity (Wildman–Crippen MR) is 71.2 cm³/mol. The Morgan fingerprint density at radius 3 is 2.80 bits per heavy atom. The second-order valence-electron chi connectivity index (χ2n) is 4.34. The van der Waals surface area contributed by atoms with Gasteiger partial charge in [0.2, 0.25) is 0 Å². The quantitative estimate of drug-likeness (QED) is 0.897. The van der Waals surface area contributed by atoms with Crippen molar-refractivity contribution in [3.05, 3.63) is 51.8 Å². The smallest absolute Gasteiger partial charge is 0.335 e. The van der Waals surface area contributed by atoms with E-state index in [1.165, 1.54) is 18.5 Å². The molecule has 104 valence electrons. The van der Waals surface area contributed by atoms with Crippen LogP contribution in [-0.2, 0) is 6.42 Å². The molecule has 20 heavy (non-hydrogen) atoms. The summed E-state index contributed by atoms with van der Waals surface area (Å²) in [5.74, 6) is -1.91. The van der Waals surface area contributed by atoms with Gasteiger partial charge in [-0.3, -0.25) is 4.79 Å². The monoisotopic (exact) mass is 276 g/mol. The highest BCUT2D eigenvalue weighted by molar-refractivity contribution is 5.89. The van der Waals surface area contributed by atoms with E-state index in [1.54, 1.807) is 0 Å². The average Bonchev–Trinajstić information content (AvgIpc) is 2.40. The lowest BCUT2D eigenvalue weighted by atomic mass is 10.0. The van der Waals surface area contributed by atoms with Crippen molar-refractivity contribution in [3.8, 4) is 11.3 Å². The van der Waals surface area contributed by atoms with Crippen molar-refractivity contribution in [2.45, 2.75) is 19.8 Å². The summed E-state index contributed by atoms with van der Waals surface area (Å²) in [4.78, 5) is 29.3. The number of nitrogens with zero attached hydrogens (tertiary/aromatic N) is 1. The maximum atomic E-state index is 13.5. The van der Waals surface area contributed by atoms with Crippen molar-refractivity contribution in [1.82, 2.24) is 9.97 Å². The maximum absolute atomic E-state index is 13.5. The third kappa shape index (κ3) is 2.74. The van der Waals surface area contributed by atoms with Gasteiger partial charge in [-0.25, -0.2) is 14.2 Å². The van der Waals surface area contributed by atoms with E-state index in [2.05, 4.69) is 9.97 Å². The van der Waals surface area contributed by atoms with Crippen LogP contribution >= 0.6 is 0 Å². The molecule has 0 spiro atoms. The standard InChI is InChI=1S/C14H13FN2O3/c1-2-3-11-12(16-7-17-13(11)18)8-4-9(14(19)20)6-10(15)5-8/h4-7H,2-3H2,1H3,(H,19,20)(H,16,17,18). The summed E-state index contributed by atoms with van der Waals surface area (Å²) < 4.78 is 13.5. The number of benzene rings is 1. The summed E-state index contributed by atoms with van der Waals surface area (Å²) in [6.45, 7) is 1.91. The van der Waals surface area contributed by atoms with Gasteiger partial charge in [-0.2, -0.15) is 0 Å². The molecule has 0 fully saturated rings. The summed E-state index contributed by atoms with van der Waals surface area (Å²) in [5.41, 5.74) is 0.564. The molecule has 1 aromatic heterocycles. The molecule has 0 aliphatic rings. The van der Waals surface area contributed by atoms with Crippen LogP contribution in [0.25, 0.3) is 11.3 Å².